The first kappa shape index (κ1) is 11.5. The molecular weight excluding hydrogens is 208 g/mol. The van der Waals surface area contributed by atoms with E-state index >= 15 is 0 Å². The number of rotatable bonds is 3. The maximum Gasteiger partial charge on any atom is 0.126 e. The summed E-state index contributed by atoms with van der Waals surface area (Å²) in [6, 6.07) is 6.44. The van der Waals surface area contributed by atoms with Crippen LogP contribution >= 0.6 is 0 Å². The summed E-state index contributed by atoms with van der Waals surface area (Å²) in [4.78, 5) is 0. The van der Waals surface area contributed by atoms with Crippen LogP contribution in [0.1, 0.15) is 18.4 Å². The average molecular weight is 225 g/mol. The molecule has 3 heteroatoms. The molecule has 1 heterocycles. The summed E-state index contributed by atoms with van der Waals surface area (Å²) < 4.78 is 27.3. The van der Waals surface area contributed by atoms with E-state index in [0.29, 0.717) is 5.56 Å². The van der Waals surface area contributed by atoms with Gasteiger partial charge in [0.05, 0.1) is 0 Å². The van der Waals surface area contributed by atoms with E-state index in [9.17, 15) is 8.78 Å². The van der Waals surface area contributed by atoms with E-state index in [1.165, 1.54) is 6.07 Å². The summed E-state index contributed by atoms with van der Waals surface area (Å²) in [5.74, 6) is -0.262. The number of hydrogen-bond acceptors (Lipinski definition) is 1. The Morgan fingerprint density at radius 2 is 2.19 bits per heavy atom. The predicted octanol–water partition coefficient (Wildman–Crippen LogP) is 2.71. The first-order valence-electron chi connectivity index (χ1n) is 5.85. The molecule has 0 spiro atoms. The van der Waals surface area contributed by atoms with Crippen LogP contribution in [0.25, 0.3) is 0 Å². The third-order valence-electron chi connectivity index (χ3n) is 3.22. The van der Waals surface area contributed by atoms with Crippen molar-refractivity contribution in [3.8, 4) is 0 Å². The van der Waals surface area contributed by atoms with E-state index < -0.39 is 6.17 Å². The molecule has 2 unspecified atom stereocenters. The largest absolute Gasteiger partial charge is 0.316 e. The van der Waals surface area contributed by atoms with Crippen molar-refractivity contribution in [3.63, 3.8) is 0 Å². The molecule has 1 nitrogen and oxygen atoms in total. The lowest BCUT2D eigenvalue weighted by Gasteiger charge is -2.25. The molecule has 0 aliphatic carbocycles. The second kappa shape index (κ2) is 5.39. The topological polar surface area (TPSA) is 12.0 Å². The molecule has 1 N–H and O–H groups in total. The zero-order valence-corrected chi connectivity index (χ0v) is 9.26. The molecule has 0 saturated carbocycles. The molecule has 1 aliphatic heterocycles. The smallest absolute Gasteiger partial charge is 0.126 e. The second-order valence-electron chi connectivity index (χ2n) is 4.42. The normalized spacial score (nSPS) is 23.0. The Kier molecular flexibility index (Phi) is 3.88. The van der Waals surface area contributed by atoms with Crippen molar-refractivity contribution in [1.82, 2.24) is 5.32 Å². The van der Waals surface area contributed by atoms with Gasteiger partial charge in [0.1, 0.15) is 12.0 Å². The monoisotopic (exact) mass is 225 g/mol. The van der Waals surface area contributed by atoms with Crippen molar-refractivity contribution >= 4 is 0 Å². The molecule has 1 fully saturated rings. The number of benzene rings is 1. The first-order chi connectivity index (χ1) is 7.77. The van der Waals surface area contributed by atoms with Crippen molar-refractivity contribution in [1.29, 1.82) is 0 Å². The van der Waals surface area contributed by atoms with Gasteiger partial charge in [-0.1, -0.05) is 18.2 Å². The molecule has 2 atom stereocenters. The highest BCUT2D eigenvalue weighted by molar-refractivity contribution is 5.18. The van der Waals surface area contributed by atoms with E-state index in [0.717, 1.165) is 25.9 Å². The van der Waals surface area contributed by atoms with Gasteiger partial charge in [0.25, 0.3) is 0 Å². The molecule has 88 valence electrons. The highest BCUT2D eigenvalue weighted by Crippen LogP contribution is 2.21. The summed E-state index contributed by atoms with van der Waals surface area (Å²) in [6.07, 6.45) is 1.17. The minimum atomic E-state index is -0.940. The molecule has 0 aromatic heterocycles. The molecule has 2 rings (SSSR count). The van der Waals surface area contributed by atoms with Crippen LogP contribution < -0.4 is 5.32 Å². The second-order valence-corrected chi connectivity index (χ2v) is 4.42. The zero-order chi connectivity index (χ0) is 11.4. The van der Waals surface area contributed by atoms with Crippen molar-refractivity contribution < 1.29 is 8.78 Å². The molecule has 16 heavy (non-hydrogen) atoms. The first-order valence-corrected chi connectivity index (χ1v) is 5.85. The number of piperidine rings is 1. The Bertz CT molecular complexity index is 334. The van der Waals surface area contributed by atoms with Gasteiger partial charge in [-0.05, 0) is 31.0 Å². The highest BCUT2D eigenvalue weighted by Gasteiger charge is 2.23. The van der Waals surface area contributed by atoms with Crippen LogP contribution in [0.4, 0.5) is 8.78 Å². The van der Waals surface area contributed by atoms with Crippen LogP contribution in [-0.4, -0.2) is 19.3 Å². The van der Waals surface area contributed by atoms with E-state index in [1.54, 1.807) is 18.2 Å². The maximum absolute atomic E-state index is 13.9. The van der Waals surface area contributed by atoms with Gasteiger partial charge >= 0.3 is 0 Å². The summed E-state index contributed by atoms with van der Waals surface area (Å²) in [5.41, 5.74) is 0.487. The minimum absolute atomic E-state index is 0.0355. The Labute approximate surface area is 94.9 Å². The van der Waals surface area contributed by atoms with Gasteiger partial charge in [-0.2, -0.15) is 0 Å². The van der Waals surface area contributed by atoms with Gasteiger partial charge in [0.2, 0.25) is 0 Å². The molecule has 1 saturated heterocycles. The van der Waals surface area contributed by atoms with Gasteiger partial charge < -0.3 is 5.32 Å². The van der Waals surface area contributed by atoms with Crippen LogP contribution in [-0.2, 0) is 6.42 Å². The lowest BCUT2D eigenvalue weighted by molar-refractivity contribution is 0.190. The quantitative estimate of drug-likeness (QED) is 0.834. The zero-order valence-electron chi connectivity index (χ0n) is 9.26. The Balaban J connectivity index is 1.96. The summed E-state index contributed by atoms with van der Waals surface area (Å²) >= 11 is 0. The molecular formula is C13H17F2N. The van der Waals surface area contributed by atoms with Crippen LogP contribution in [0.3, 0.4) is 0 Å². The molecule has 0 amide bonds. The maximum atomic E-state index is 13.9. The van der Waals surface area contributed by atoms with Crippen LogP contribution in [0.5, 0.6) is 0 Å². The molecule has 1 aliphatic rings. The lowest BCUT2D eigenvalue weighted by Crippen LogP contribution is -2.35. The van der Waals surface area contributed by atoms with Gasteiger partial charge in [-0.15, -0.1) is 0 Å². The minimum Gasteiger partial charge on any atom is -0.316 e. The fraction of sp³-hybridized carbons (Fsp3) is 0.538. The number of halogens is 2. The average Bonchev–Trinajstić information content (AvgIpc) is 2.33. The number of alkyl halides is 1. The number of hydrogen-bond donors (Lipinski definition) is 1. The van der Waals surface area contributed by atoms with Crippen LogP contribution in [0, 0.1) is 11.7 Å². The van der Waals surface area contributed by atoms with Crippen molar-refractivity contribution in [2.75, 3.05) is 13.1 Å². The van der Waals surface area contributed by atoms with Crippen LogP contribution in [0.15, 0.2) is 24.3 Å². The van der Waals surface area contributed by atoms with Crippen molar-refractivity contribution in [2.24, 2.45) is 5.92 Å². The van der Waals surface area contributed by atoms with E-state index in [4.69, 9.17) is 0 Å². The summed E-state index contributed by atoms with van der Waals surface area (Å²) in [7, 11) is 0. The highest BCUT2D eigenvalue weighted by atomic mass is 19.1. The molecule has 1 aromatic rings. The Morgan fingerprint density at radius 3 is 2.88 bits per heavy atom. The third kappa shape index (κ3) is 2.79. The third-order valence-corrected chi connectivity index (χ3v) is 3.22. The fourth-order valence-corrected chi connectivity index (χ4v) is 2.23. The van der Waals surface area contributed by atoms with Crippen molar-refractivity contribution in [2.45, 2.75) is 25.4 Å². The van der Waals surface area contributed by atoms with E-state index in [1.807, 2.05) is 0 Å². The summed E-state index contributed by atoms with van der Waals surface area (Å²) in [5, 5.41) is 3.18. The van der Waals surface area contributed by atoms with E-state index in [2.05, 4.69) is 5.32 Å². The Morgan fingerprint density at radius 1 is 1.38 bits per heavy atom. The summed E-state index contributed by atoms with van der Waals surface area (Å²) in [6.45, 7) is 1.69. The molecule has 0 radical (unpaired) electrons. The fourth-order valence-electron chi connectivity index (χ4n) is 2.23. The van der Waals surface area contributed by atoms with E-state index in [-0.39, 0.29) is 18.2 Å². The molecule has 0 bridgehead atoms. The van der Waals surface area contributed by atoms with Crippen molar-refractivity contribution in [3.05, 3.63) is 35.6 Å². The van der Waals surface area contributed by atoms with Crippen LogP contribution in [0.2, 0.25) is 0 Å². The SMILES string of the molecule is Fc1ccccc1CC(F)C1CCCNC1. The predicted molar refractivity (Wildman–Crippen MR) is 60.6 cm³/mol. The Hall–Kier alpha value is -0.960. The van der Waals surface area contributed by atoms with Gasteiger partial charge in [0, 0.05) is 18.9 Å². The number of nitrogens with one attached hydrogen (secondary N) is 1. The van der Waals surface area contributed by atoms with Gasteiger partial charge in [0.15, 0.2) is 0 Å². The lowest BCUT2D eigenvalue weighted by atomic mass is 9.91. The standard InChI is InChI=1S/C13H17F2N/c14-12-6-2-1-4-10(12)8-13(15)11-5-3-7-16-9-11/h1-2,4,6,11,13,16H,3,5,7-9H2. The van der Waals surface area contributed by atoms with Gasteiger partial charge in [-0.3, -0.25) is 0 Å². The molecule has 1 aromatic carbocycles. The van der Waals surface area contributed by atoms with Gasteiger partial charge in [-0.25, -0.2) is 8.78 Å².